The van der Waals surface area contributed by atoms with E-state index in [0.29, 0.717) is 5.92 Å². The van der Waals surface area contributed by atoms with Crippen molar-refractivity contribution >= 4 is 5.97 Å². The summed E-state index contributed by atoms with van der Waals surface area (Å²) in [7, 11) is 0. The van der Waals surface area contributed by atoms with Crippen molar-refractivity contribution in [1.82, 2.24) is 9.97 Å². The molecule has 2 unspecified atom stereocenters. The molecule has 3 fully saturated rings. The summed E-state index contributed by atoms with van der Waals surface area (Å²) >= 11 is 0. The molecule has 2 bridgehead atoms. The predicted molar refractivity (Wildman–Crippen MR) is 81.5 cm³/mol. The summed E-state index contributed by atoms with van der Waals surface area (Å²) in [4.78, 5) is 21.1. The van der Waals surface area contributed by atoms with Gasteiger partial charge in [0.1, 0.15) is 11.7 Å². The molecule has 120 valence electrons. The van der Waals surface area contributed by atoms with E-state index >= 15 is 0 Å². The first-order valence-electron chi connectivity index (χ1n) is 8.44. The Bertz CT molecular complexity index is 728. The van der Waals surface area contributed by atoms with Crippen LogP contribution in [0.3, 0.4) is 0 Å². The van der Waals surface area contributed by atoms with E-state index in [2.05, 4.69) is 23.0 Å². The van der Waals surface area contributed by atoms with Crippen molar-refractivity contribution in [1.29, 1.82) is 0 Å². The first-order valence-corrected chi connectivity index (χ1v) is 8.44. The van der Waals surface area contributed by atoms with Gasteiger partial charge in [0, 0.05) is 24.7 Å². The van der Waals surface area contributed by atoms with Crippen LogP contribution in [0.4, 0.5) is 0 Å². The molecule has 1 aromatic rings. The lowest BCUT2D eigenvalue weighted by Crippen LogP contribution is -2.49. The third-order valence-electron chi connectivity index (χ3n) is 6.28. The zero-order valence-electron chi connectivity index (χ0n) is 13.4. The summed E-state index contributed by atoms with van der Waals surface area (Å²) < 4.78 is 12.3. The van der Waals surface area contributed by atoms with Crippen LogP contribution in [0.5, 0.6) is 0 Å². The Morgan fingerprint density at radius 3 is 2.96 bits per heavy atom. The fourth-order valence-corrected chi connectivity index (χ4v) is 5.15. The number of esters is 1. The minimum atomic E-state index is -0.484. The molecular weight excluding hydrogens is 292 g/mol. The number of nitrogens with zero attached hydrogens (tertiary/aromatic N) is 2. The summed E-state index contributed by atoms with van der Waals surface area (Å²) in [5.41, 5.74) is 1.88. The molecule has 3 aliphatic heterocycles. The fraction of sp³-hybridized carbons (Fsp3) is 0.611. The van der Waals surface area contributed by atoms with Gasteiger partial charge >= 0.3 is 5.97 Å². The minimum absolute atomic E-state index is 0.0928. The molecule has 1 spiro atoms. The van der Waals surface area contributed by atoms with Gasteiger partial charge in [-0.1, -0.05) is 13.0 Å². The summed E-state index contributed by atoms with van der Waals surface area (Å²) in [5.74, 6) is 0.383. The van der Waals surface area contributed by atoms with E-state index in [1.807, 2.05) is 13.1 Å². The lowest BCUT2D eigenvalue weighted by Gasteiger charge is -2.41. The quantitative estimate of drug-likeness (QED) is 0.783. The first kappa shape index (κ1) is 13.7. The van der Waals surface area contributed by atoms with Gasteiger partial charge in [-0.15, -0.1) is 0 Å². The maximum atomic E-state index is 12.2. The van der Waals surface area contributed by atoms with Crippen molar-refractivity contribution in [3.8, 4) is 0 Å². The number of aryl methyl sites for hydroxylation is 1. The Morgan fingerprint density at radius 2 is 2.17 bits per heavy atom. The van der Waals surface area contributed by atoms with Gasteiger partial charge in [-0.3, -0.25) is 9.97 Å². The van der Waals surface area contributed by atoms with Crippen LogP contribution in [-0.4, -0.2) is 33.2 Å². The van der Waals surface area contributed by atoms with Gasteiger partial charge in [0.15, 0.2) is 0 Å². The van der Waals surface area contributed by atoms with Crippen LogP contribution in [0.15, 0.2) is 24.0 Å². The molecule has 5 atom stereocenters. The molecule has 1 aliphatic carbocycles. The van der Waals surface area contributed by atoms with E-state index in [9.17, 15) is 4.79 Å². The molecule has 0 N–H and O–H groups in total. The van der Waals surface area contributed by atoms with Crippen molar-refractivity contribution in [3.63, 3.8) is 0 Å². The third kappa shape index (κ3) is 1.58. The molecule has 4 heterocycles. The Balaban J connectivity index is 1.57. The molecule has 0 aromatic carbocycles. The van der Waals surface area contributed by atoms with Crippen LogP contribution < -0.4 is 0 Å². The monoisotopic (exact) mass is 312 g/mol. The lowest BCUT2D eigenvalue weighted by atomic mass is 9.80. The molecule has 5 heteroatoms. The summed E-state index contributed by atoms with van der Waals surface area (Å²) in [5, 5.41) is 0. The number of fused-ring (bicyclic) bond motifs is 1. The third-order valence-corrected chi connectivity index (χ3v) is 6.28. The molecule has 2 saturated heterocycles. The number of carbonyl (C=O) groups is 1. The van der Waals surface area contributed by atoms with E-state index in [4.69, 9.17) is 9.47 Å². The smallest absolute Gasteiger partial charge is 0.337 e. The molecule has 4 aliphatic rings. The van der Waals surface area contributed by atoms with Crippen LogP contribution in [0.2, 0.25) is 0 Å². The maximum Gasteiger partial charge on any atom is 0.337 e. The Morgan fingerprint density at radius 1 is 1.30 bits per heavy atom. The Labute approximate surface area is 135 Å². The fourth-order valence-electron chi connectivity index (χ4n) is 5.15. The molecule has 1 aromatic heterocycles. The highest BCUT2D eigenvalue weighted by molar-refractivity contribution is 5.94. The zero-order valence-corrected chi connectivity index (χ0v) is 13.4. The molecule has 5 rings (SSSR count). The van der Waals surface area contributed by atoms with Gasteiger partial charge in [-0.05, 0) is 32.1 Å². The molecule has 0 radical (unpaired) electrons. The Kier molecular flexibility index (Phi) is 2.50. The highest BCUT2D eigenvalue weighted by atomic mass is 16.6. The predicted octanol–water partition coefficient (Wildman–Crippen LogP) is 2.14. The average molecular weight is 312 g/mol. The average Bonchev–Trinajstić information content (AvgIpc) is 3.07. The van der Waals surface area contributed by atoms with E-state index in [-0.39, 0.29) is 23.6 Å². The number of rotatable bonds is 2. The highest BCUT2D eigenvalue weighted by Crippen LogP contribution is 2.64. The molecule has 5 nitrogen and oxygen atoms in total. The topological polar surface area (TPSA) is 61.3 Å². The number of aromatic nitrogens is 2. The van der Waals surface area contributed by atoms with Gasteiger partial charge < -0.3 is 9.47 Å². The largest absolute Gasteiger partial charge is 0.455 e. The van der Waals surface area contributed by atoms with E-state index < -0.39 is 5.60 Å². The second-order valence-corrected chi connectivity index (χ2v) is 7.53. The van der Waals surface area contributed by atoms with Crippen LogP contribution in [0, 0.1) is 18.8 Å². The number of hydrogen-bond donors (Lipinski definition) is 0. The van der Waals surface area contributed by atoms with Gasteiger partial charge in [-0.2, -0.15) is 0 Å². The maximum absolute atomic E-state index is 12.2. The molecule has 0 amide bonds. The summed E-state index contributed by atoms with van der Waals surface area (Å²) in [6, 6.07) is 0. The first-order chi connectivity index (χ1) is 11.0. The van der Waals surface area contributed by atoms with Crippen molar-refractivity contribution in [2.45, 2.75) is 56.8 Å². The Hall–Kier alpha value is -1.75. The van der Waals surface area contributed by atoms with Crippen LogP contribution in [0.1, 0.15) is 37.6 Å². The number of hydrogen-bond acceptors (Lipinski definition) is 5. The van der Waals surface area contributed by atoms with Gasteiger partial charge in [-0.25, -0.2) is 4.79 Å². The van der Waals surface area contributed by atoms with E-state index in [1.54, 1.807) is 6.20 Å². The van der Waals surface area contributed by atoms with Crippen molar-refractivity contribution in [3.05, 3.63) is 35.4 Å². The molecular formula is C18H20N2O3. The normalized spacial score (nSPS) is 43.3. The van der Waals surface area contributed by atoms with E-state index in [0.717, 1.165) is 42.6 Å². The second kappa shape index (κ2) is 4.20. The van der Waals surface area contributed by atoms with Gasteiger partial charge in [0.25, 0.3) is 0 Å². The van der Waals surface area contributed by atoms with Crippen molar-refractivity contribution < 1.29 is 14.3 Å². The number of carbonyl (C=O) groups excluding carboxylic acids is 1. The van der Waals surface area contributed by atoms with Gasteiger partial charge in [0.05, 0.1) is 22.6 Å². The van der Waals surface area contributed by atoms with Crippen LogP contribution in [-0.2, 0) is 20.7 Å². The van der Waals surface area contributed by atoms with Crippen LogP contribution >= 0.6 is 0 Å². The molecule has 1 saturated carbocycles. The SMILES string of the molecule is Cc1cnc(CC23CC4CC[C@H]5OC(=O)C(=C[C@H]2C)[C@@]45O3)cn1. The summed E-state index contributed by atoms with van der Waals surface area (Å²) in [6.07, 6.45) is 9.37. The minimum Gasteiger partial charge on any atom is -0.455 e. The molecule has 23 heavy (non-hydrogen) atoms. The lowest BCUT2D eigenvalue weighted by molar-refractivity contribution is -0.149. The number of ether oxygens (including phenoxy) is 2. The van der Waals surface area contributed by atoms with E-state index in [1.165, 1.54) is 0 Å². The highest BCUT2D eigenvalue weighted by Gasteiger charge is 2.72. The standard InChI is InChI=1S/C18H20N2O3/c1-10-5-14-16(21)22-15-4-3-12-6-17(10,23-18(12,14)15)7-13-9-19-11(2)8-20-13/h5,8-10,12,15H,3-4,6-7H2,1-2H3/t10-,12?,15-,17?,18+/m1/s1. The second-order valence-electron chi connectivity index (χ2n) is 7.53. The van der Waals surface area contributed by atoms with Crippen molar-refractivity contribution in [2.75, 3.05) is 0 Å². The zero-order chi connectivity index (χ0) is 15.8. The van der Waals surface area contributed by atoms with Crippen molar-refractivity contribution in [2.24, 2.45) is 11.8 Å². The van der Waals surface area contributed by atoms with Crippen LogP contribution in [0.25, 0.3) is 0 Å². The summed E-state index contributed by atoms with van der Waals surface area (Å²) in [6.45, 7) is 4.08. The van der Waals surface area contributed by atoms with Gasteiger partial charge in [0.2, 0.25) is 0 Å².